The van der Waals surface area contributed by atoms with Crippen LogP contribution >= 0.6 is 0 Å². The monoisotopic (exact) mass is 444 g/mol. The molecule has 3 amide bonds. The molecule has 3 aromatic rings. The van der Waals surface area contributed by atoms with Gasteiger partial charge in [0.1, 0.15) is 0 Å². The molecular weight excluding hydrogens is 416 g/mol. The van der Waals surface area contributed by atoms with E-state index in [0.717, 1.165) is 16.9 Å². The quantitative estimate of drug-likeness (QED) is 0.459. The van der Waals surface area contributed by atoms with Gasteiger partial charge in [0, 0.05) is 43.1 Å². The Kier molecular flexibility index (Phi) is 8.18. The summed E-state index contributed by atoms with van der Waals surface area (Å²) in [5.74, 6) is -0.298. The van der Waals surface area contributed by atoms with Crippen LogP contribution in [0.25, 0.3) is 0 Å². The lowest BCUT2D eigenvalue weighted by Gasteiger charge is -2.15. The van der Waals surface area contributed by atoms with Gasteiger partial charge in [0.15, 0.2) is 0 Å². The zero-order valence-corrected chi connectivity index (χ0v) is 18.8. The van der Waals surface area contributed by atoms with Crippen molar-refractivity contribution >= 4 is 40.5 Å². The Balaban J connectivity index is 1.42. The standard InChI is InChI=1S/C26H28N4O3/c1-19(31)30(2)24-15-13-21(14-16-24)27-18-26(33)29-23-11-9-22(10-12-23)28-25(32)17-8-20-6-4-3-5-7-20/h3-7,9-16,27H,8,17-18H2,1-2H3,(H,28,32)(H,29,33). The van der Waals surface area contributed by atoms with Crippen LogP contribution in [0.3, 0.4) is 0 Å². The van der Waals surface area contributed by atoms with Crippen molar-refractivity contribution < 1.29 is 14.4 Å². The van der Waals surface area contributed by atoms with E-state index in [4.69, 9.17) is 0 Å². The normalized spacial score (nSPS) is 10.2. The van der Waals surface area contributed by atoms with Crippen molar-refractivity contribution in [3.8, 4) is 0 Å². The van der Waals surface area contributed by atoms with E-state index < -0.39 is 0 Å². The lowest BCUT2D eigenvalue weighted by atomic mass is 10.1. The van der Waals surface area contributed by atoms with Crippen LogP contribution < -0.4 is 20.9 Å². The van der Waals surface area contributed by atoms with Crippen molar-refractivity contribution in [2.45, 2.75) is 19.8 Å². The van der Waals surface area contributed by atoms with Gasteiger partial charge in [-0.25, -0.2) is 0 Å². The molecule has 3 aromatic carbocycles. The minimum Gasteiger partial charge on any atom is -0.376 e. The summed E-state index contributed by atoms with van der Waals surface area (Å²) in [6.07, 6.45) is 1.09. The molecule has 0 aromatic heterocycles. The number of hydrogen-bond donors (Lipinski definition) is 3. The summed E-state index contributed by atoms with van der Waals surface area (Å²) in [6.45, 7) is 1.60. The van der Waals surface area contributed by atoms with Crippen LogP contribution in [0.1, 0.15) is 18.9 Å². The summed E-state index contributed by atoms with van der Waals surface area (Å²) in [5.41, 5.74) is 4.00. The molecule has 0 spiro atoms. The molecular formula is C26H28N4O3. The molecule has 0 saturated heterocycles. The van der Waals surface area contributed by atoms with E-state index in [1.54, 1.807) is 36.2 Å². The van der Waals surface area contributed by atoms with Gasteiger partial charge < -0.3 is 20.9 Å². The fourth-order valence-corrected chi connectivity index (χ4v) is 3.14. The molecule has 33 heavy (non-hydrogen) atoms. The van der Waals surface area contributed by atoms with Gasteiger partial charge in [-0.2, -0.15) is 0 Å². The van der Waals surface area contributed by atoms with E-state index in [2.05, 4.69) is 16.0 Å². The predicted octanol–water partition coefficient (Wildman–Crippen LogP) is 4.29. The molecule has 7 nitrogen and oxygen atoms in total. The number of aryl methyl sites for hydroxylation is 1. The molecule has 0 unspecified atom stereocenters. The Labute approximate surface area is 193 Å². The Morgan fingerprint density at radius 1 is 0.727 bits per heavy atom. The maximum absolute atomic E-state index is 12.2. The fraction of sp³-hybridized carbons (Fsp3) is 0.192. The highest BCUT2D eigenvalue weighted by molar-refractivity contribution is 5.95. The maximum Gasteiger partial charge on any atom is 0.243 e. The molecule has 0 aliphatic heterocycles. The van der Waals surface area contributed by atoms with E-state index in [1.165, 1.54) is 6.92 Å². The highest BCUT2D eigenvalue weighted by Gasteiger charge is 2.07. The molecule has 7 heteroatoms. The van der Waals surface area contributed by atoms with Crippen LogP contribution in [0.4, 0.5) is 22.7 Å². The molecule has 0 bridgehead atoms. The number of nitrogens with one attached hydrogen (secondary N) is 3. The van der Waals surface area contributed by atoms with Crippen LogP contribution in [0.5, 0.6) is 0 Å². The van der Waals surface area contributed by atoms with Crippen molar-refractivity contribution in [1.82, 2.24) is 0 Å². The summed E-state index contributed by atoms with van der Waals surface area (Å²) in [7, 11) is 1.71. The number of carbonyl (C=O) groups excluding carboxylic acids is 3. The Morgan fingerprint density at radius 3 is 1.85 bits per heavy atom. The van der Waals surface area contributed by atoms with Crippen LogP contribution in [0.2, 0.25) is 0 Å². The Morgan fingerprint density at radius 2 is 1.27 bits per heavy atom. The second-order valence-electron chi connectivity index (χ2n) is 7.64. The van der Waals surface area contributed by atoms with Gasteiger partial charge in [-0.3, -0.25) is 14.4 Å². The average Bonchev–Trinajstić information content (AvgIpc) is 2.83. The third-order valence-electron chi connectivity index (χ3n) is 5.12. The van der Waals surface area contributed by atoms with Gasteiger partial charge in [0.25, 0.3) is 0 Å². The zero-order chi connectivity index (χ0) is 23.6. The third kappa shape index (κ3) is 7.50. The molecule has 0 fully saturated rings. The first-order chi connectivity index (χ1) is 15.9. The lowest BCUT2D eigenvalue weighted by molar-refractivity contribution is -0.117. The van der Waals surface area contributed by atoms with E-state index >= 15 is 0 Å². The van der Waals surface area contributed by atoms with Gasteiger partial charge in [-0.15, -0.1) is 0 Å². The maximum atomic E-state index is 12.2. The van der Waals surface area contributed by atoms with E-state index in [9.17, 15) is 14.4 Å². The summed E-state index contributed by atoms with van der Waals surface area (Å²) in [4.78, 5) is 37.3. The molecule has 0 aliphatic rings. The number of nitrogens with zero attached hydrogens (tertiary/aromatic N) is 1. The first-order valence-corrected chi connectivity index (χ1v) is 10.7. The summed E-state index contributed by atoms with van der Waals surface area (Å²) in [6, 6.07) is 24.1. The molecule has 0 saturated carbocycles. The lowest BCUT2D eigenvalue weighted by Crippen LogP contribution is -2.23. The largest absolute Gasteiger partial charge is 0.376 e. The van der Waals surface area contributed by atoms with Crippen molar-refractivity contribution in [3.05, 3.63) is 84.4 Å². The minimum atomic E-state index is -0.195. The van der Waals surface area contributed by atoms with E-state index in [0.29, 0.717) is 24.2 Å². The summed E-state index contributed by atoms with van der Waals surface area (Å²) < 4.78 is 0. The van der Waals surface area contributed by atoms with Crippen LogP contribution in [-0.2, 0) is 20.8 Å². The first-order valence-electron chi connectivity index (χ1n) is 10.7. The SMILES string of the molecule is CC(=O)N(C)c1ccc(NCC(=O)Nc2ccc(NC(=O)CCc3ccccc3)cc2)cc1. The topological polar surface area (TPSA) is 90.5 Å². The first kappa shape index (κ1) is 23.5. The highest BCUT2D eigenvalue weighted by Crippen LogP contribution is 2.17. The molecule has 3 N–H and O–H groups in total. The molecule has 0 radical (unpaired) electrons. The van der Waals surface area contributed by atoms with Gasteiger partial charge in [-0.05, 0) is 60.5 Å². The van der Waals surface area contributed by atoms with Crippen molar-refractivity contribution in [2.24, 2.45) is 0 Å². The second kappa shape index (κ2) is 11.5. The Hall–Kier alpha value is -4.13. The average molecular weight is 445 g/mol. The van der Waals surface area contributed by atoms with Gasteiger partial charge in [0.2, 0.25) is 17.7 Å². The van der Waals surface area contributed by atoms with Crippen LogP contribution in [0, 0.1) is 0 Å². The predicted molar refractivity (Wildman–Crippen MR) is 132 cm³/mol. The van der Waals surface area contributed by atoms with Gasteiger partial charge >= 0.3 is 0 Å². The summed E-state index contributed by atoms with van der Waals surface area (Å²) >= 11 is 0. The van der Waals surface area contributed by atoms with Crippen LogP contribution in [-0.4, -0.2) is 31.3 Å². The number of benzene rings is 3. The van der Waals surface area contributed by atoms with Crippen molar-refractivity contribution in [3.63, 3.8) is 0 Å². The number of anilines is 4. The van der Waals surface area contributed by atoms with E-state index in [-0.39, 0.29) is 24.3 Å². The van der Waals surface area contributed by atoms with Gasteiger partial charge in [0.05, 0.1) is 6.54 Å². The molecule has 3 rings (SSSR count). The second-order valence-corrected chi connectivity index (χ2v) is 7.64. The van der Waals surface area contributed by atoms with Crippen LogP contribution in [0.15, 0.2) is 78.9 Å². The Bertz CT molecular complexity index is 1080. The molecule has 0 aliphatic carbocycles. The van der Waals surface area contributed by atoms with Gasteiger partial charge in [-0.1, -0.05) is 30.3 Å². The number of hydrogen-bond acceptors (Lipinski definition) is 4. The smallest absolute Gasteiger partial charge is 0.243 e. The summed E-state index contributed by atoms with van der Waals surface area (Å²) in [5, 5.41) is 8.74. The number of carbonyl (C=O) groups is 3. The number of amides is 3. The van der Waals surface area contributed by atoms with E-state index in [1.807, 2.05) is 54.6 Å². The van der Waals surface area contributed by atoms with Crippen molar-refractivity contribution in [1.29, 1.82) is 0 Å². The fourth-order valence-electron chi connectivity index (χ4n) is 3.14. The molecule has 170 valence electrons. The number of rotatable bonds is 9. The molecule has 0 atom stereocenters. The third-order valence-corrected chi connectivity index (χ3v) is 5.12. The highest BCUT2D eigenvalue weighted by atomic mass is 16.2. The zero-order valence-electron chi connectivity index (χ0n) is 18.8. The minimum absolute atomic E-state index is 0.0483. The molecule has 0 heterocycles. The van der Waals surface area contributed by atoms with Crippen molar-refractivity contribution in [2.75, 3.05) is 34.4 Å².